The van der Waals surface area contributed by atoms with Gasteiger partial charge in [0.15, 0.2) is 0 Å². The molecule has 0 bridgehead atoms. The summed E-state index contributed by atoms with van der Waals surface area (Å²) in [5.41, 5.74) is 3.65. The Bertz CT molecular complexity index is 692. The highest BCUT2D eigenvalue weighted by molar-refractivity contribution is 5.75. The Balaban J connectivity index is 1.39. The monoisotopic (exact) mass is 324 g/mol. The molecule has 2 unspecified atom stereocenters. The van der Waals surface area contributed by atoms with Crippen molar-refractivity contribution in [1.29, 1.82) is 0 Å². The van der Waals surface area contributed by atoms with E-state index < -0.39 is 0 Å². The summed E-state index contributed by atoms with van der Waals surface area (Å²) in [6.07, 6.45) is 8.31. The summed E-state index contributed by atoms with van der Waals surface area (Å²) in [6, 6.07) is 10.6. The average Bonchev–Trinajstić information content (AvgIpc) is 3.01. The quantitative estimate of drug-likeness (QED) is 0.809. The molecule has 1 aromatic heterocycles. The number of rotatable bonds is 4. The number of aryl methyl sites for hydroxylation is 1. The van der Waals surface area contributed by atoms with Crippen molar-refractivity contribution in [2.75, 3.05) is 0 Å². The van der Waals surface area contributed by atoms with Crippen molar-refractivity contribution in [2.24, 2.45) is 5.92 Å². The maximum absolute atomic E-state index is 12.5. The van der Waals surface area contributed by atoms with E-state index in [0.29, 0.717) is 5.92 Å². The third-order valence-electron chi connectivity index (χ3n) is 5.42. The van der Waals surface area contributed by atoms with E-state index in [1.165, 1.54) is 36.1 Å². The first-order valence-electron chi connectivity index (χ1n) is 8.92. The lowest BCUT2D eigenvalue weighted by Gasteiger charge is -2.35. The van der Waals surface area contributed by atoms with Crippen molar-refractivity contribution in [1.82, 2.24) is 20.8 Å². The van der Waals surface area contributed by atoms with Crippen LogP contribution in [0.1, 0.15) is 48.5 Å². The topological polar surface area (TPSA) is 69.8 Å². The Kier molecular flexibility index (Phi) is 4.24. The van der Waals surface area contributed by atoms with E-state index in [4.69, 9.17) is 0 Å². The van der Waals surface area contributed by atoms with Crippen LogP contribution in [0, 0.1) is 5.92 Å². The first-order valence-corrected chi connectivity index (χ1v) is 8.92. The van der Waals surface area contributed by atoms with E-state index in [2.05, 4.69) is 33.0 Å². The molecule has 2 aliphatic rings. The van der Waals surface area contributed by atoms with Crippen LogP contribution in [0.25, 0.3) is 0 Å². The van der Waals surface area contributed by atoms with Crippen molar-refractivity contribution < 1.29 is 4.79 Å². The van der Waals surface area contributed by atoms with E-state index >= 15 is 0 Å². The molecule has 1 heterocycles. The van der Waals surface area contributed by atoms with Gasteiger partial charge in [-0.15, -0.1) is 0 Å². The smallest absolute Gasteiger partial charge is 0.315 e. The van der Waals surface area contributed by atoms with Gasteiger partial charge in [0.2, 0.25) is 0 Å². The molecule has 4 rings (SSSR count). The van der Waals surface area contributed by atoms with Crippen LogP contribution in [0.3, 0.4) is 0 Å². The van der Waals surface area contributed by atoms with Crippen LogP contribution in [-0.2, 0) is 12.8 Å². The van der Waals surface area contributed by atoms with Crippen LogP contribution in [0.15, 0.2) is 36.5 Å². The number of aromatic nitrogens is 2. The number of H-pyrrole nitrogens is 1. The zero-order chi connectivity index (χ0) is 16.4. The number of carbonyl (C=O) groups excluding carboxylic acids is 1. The first kappa shape index (κ1) is 15.2. The molecular weight excluding hydrogens is 300 g/mol. The van der Waals surface area contributed by atoms with Crippen LogP contribution in [0.2, 0.25) is 0 Å². The molecule has 2 amide bonds. The highest BCUT2D eigenvalue weighted by Crippen LogP contribution is 2.37. The molecule has 24 heavy (non-hydrogen) atoms. The van der Waals surface area contributed by atoms with E-state index in [1.54, 1.807) is 0 Å². The number of nitrogens with one attached hydrogen (secondary N) is 3. The number of hydrogen-bond donors (Lipinski definition) is 3. The van der Waals surface area contributed by atoms with Gasteiger partial charge in [0, 0.05) is 11.7 Å². The highest BCUT2D eigenvalue weighted by atomic mass is 16.2. The fourth-order valence-electron chi connectivity index (χ4n) is 3.81. The van der Waals surface area contributed by atoms with Gasteiger partial charge in [0.1, 0.15) is 0 Å². The lowest BCUT2D eigenvalue weighted by Crippen LogP contribution is -2.47. The summed E-state index contributed by atoms with van der Waals surface area (Å²) in [7, 11) is 0. The predicted octanol–water partition coefficient (Wildman–Crippen LogP) is 3.11. The molecule has 1 aromatic carbocycles. The maximum Gasteiger partial charge on any atom is 0.315 e. The van der Waals surface area contributed by atoms with Crippen molar-refractivity contribution in [2.45, 2.75) is 50.6 Å². The normalized spacial score (nSPS) is 21.4. The Morgan fingerprint density at radius 3 is 2.79 bits per heavy atom. The molecule has 5 heteroatoms. The summed E-state index contributed by atoms with van der Waals surface area (Å²) < 4.78 is 0. The minimum absolute atomic E-state index is 0.0484. The lowest BCUT2D eigenvalue weighted by atomic mass is 9.77. The fourth-order valence-corrected chi connectivity index (χ4v) is 3.81. The zero-order valence-electron chi connectivity index (χ0n) is 13.8. The van der Waals surface area contributed by atoms with Crippen LogP contribution in [0.5, 0.6) is 0 Å². The second kappa shape index (κ2) is 6.67. The van der Waals surface area contributed by atoms with Gasteiger partial charge in [-0.05, 0) is 49.1 Å². The van der Waals surface area contributed by atoms with Crippen LogP contribution >= 0.6 is 0 Å². The molecule has 5 nitrogen and oxygen atoms in total. The number of carbonyl (C=O) groups is 1. The molecule has 0 radical (unpaired) electrons. The molecule has 3 N–H and O–H groups in total. The first-order chi connectivity index (χ1) is 11.8. The van der Waals surface area contributed by atoms with E-state index in [-0.39, 0.29) is 18.1 Å². The average molecular weight is 324 g/mol. The molecule has 126 valence electrons. The number of amides is 2. The van der Waals surface area contributed by atoms with Crippen LogP contribution in [-0.4, -0.2) is 22.3 Å². The summed E-state index contributed by atoms with van der Waals surface area (Å²) >= 11 is 0. The van der Waals surface area contributed by atoms with Gasteiger partial charge < -0.3 is 10.6 Å². The van der Waals surface area contributed by atoms with Gasteiger partial charge in [-0.3, -0.25) is 5.10 Å². The van der Waals surface area contributed by atoms with E-state index in [1.807, 2.05) is 24.4 Å². The minimum atomic E-state index is -0.0484. The standard InChI is InChI=1S/C19H24N4O/c24-19(21-16-9-10-17-15(11-16)12-20-23-17)22-18(14-7-4-8-14)13-5-2-1-3-6-13/h1-3,5-6,12,14,16,18H,4,7-11H2,(H,20,23)(H2,21,22,24). The third-order valence-corrected chi connectivity index (χ3v) is 5.42. The van der Waals surface area contributed by atoms with Crippen LogP contribution < -0.4 is 10.6 Å². The van der Waals surface area contributed by atoms with Gasteiger partial charge in [-0.25, -0.2) is 4.79 Å². The largest absolute Gasteiger partial charge is 0.335 e. The second-order valence-electron chi connectivity index (χ2n) is 7.01. The zero-order valence-corrected chi connectivity index (χ0v) is 13.8. The van der Waals surface area contributed by atoms with Gasteiger partial charge in [0.25, 0.3) is 0 Å². The summed E-state index contributed by atoms with van der Waals surface area (Å²) in [5.74, 6) is 0.560. The molecule has 0 saturated heterocycles. The molecule has 2 aliphatic carbocycles. The van der Waals surface area contributed by atoms with Gasteiger partial charge >= 0.3 is 6.03 Å². The number of aromatic amines is 1. The Labute approximate surface area is 142 Å². The van der Waals surface area contributed by atoms with E-state index in [0.717, 1.165) is 19.3 Å². The molecule has 1 saturated carbocycles. The molecule has 1 fully saturated rings. The number of hydrogen-bond acceptors (Lipinski definition) is 2. The minimum Gasteiger partial charge on any atom is -0.335 e. The third kappa shape index (κ3) is 3.16. The van der Waals surface area contributed by atoms with E-state index in [9.17, 15) is 4.79 Å². The molecule has 2 atom stereocenters. The second-order valence-corrected chi connectivity index (χ2v) is 7.01. The molecule has 2 aromatic rings. The SMILES string of the molecule is O=C(NC1CCc2[nH]ncc2C1)NC(c1ccccc1)C1CCC1. The Hall–Kier alpha value is -2.30. The van der Waals surface area contributed by atoms with Gasteiger partial charge in [0.05, 0.1) is 12.2 Å². The van der Waals surface area contributed by atoms with Gasteiger partial charge in [-0.2, -0.15) is 5.10 Å². The summed E-state index contributed by atoms with van der Waals surface area (Å²) in [4.78, 5) is 12.5. The highest BCUT2D eigenvalue weighted by Gasteiger charge is 2.30. The van der Waals surface area contributed by atoms with Gasteiger partial charge in [-0.1, -0.05) is 36.8 Å². The number of benzene rings is 1. The van der Waals surface area contributed by atoms with Crippen molar-refractivity contribution >= 4 is 6.03 Å². The van der Waals surface area contributed by atoms with Crippen molar-refractivity contribution in [3.05, 3.63) is 53.3 Å². The lowest BCUT2D eigenvalue weighted by molar-refractivity contribution is 0.204. The maximum atomic E-state index is 12.5. The number of urea groups is 1. The van der Waals surface area contributed by atoms with Crippen molar-refractivity contribution in [3.8, 4) is 0 Å². The summed E-state index contributed by atoms with van der Waals surface area (Å²) in [6.45, 7) is 0. The number of fused-ring (bicyclic) bond motifs is 1. The molecule has 0 spiro atoms. The van der Waals surface area contributed by atoms with Crippen LogP contribution in [0.4, 0.5) is 4.79 Å². The Morgan fingerprint density at radius 2 is 2.04 bits per heavy atom. The predicted molar refractivity (Wildman–Crippen MR) is 92.6 cm³/mol. The summed E-state index contributed by atoms with van der Waals surface area (Å²) in [5, 5.41) is 13.5. The Morgan fingerprint density at radius 1 is 1.21 bits per heavy atom. The van der Waals surface area contributed by atoms with Crippen molar-refractivity contribution in [3.63, 3.8) is 0 Å². The number of nitrogens with zero attached hydrogens (tertiary/aromatic N) is 1. The fraction of sp³-hybridized carbons (Fsp3) is 0.474. The molecular formula is C19H24N4O. The molecule has 0 aliphatic heterocycles.